The monoisotopic (exact) mass is 290 g/mol. The van der Waals surface area contributed by atoms with Gasteiger partial charge in [-0.2, -0.15) is 4.98 Å². The Morgan fingerprint density at radius 2 is 2.43 bits per heavy atom. The third-order valence-electron chi connectivity index (χ3n) is 3.87. The number of aromatic nitrogens is 1. The quantitative estimate of drug-likeness (QED) is 0.688. The SMILES string of the molecule is CCN1CCCC(Nc2nc3c([N+](=O)[O-])cccc3o2)C1. The van der Waals surface area contributed by atoms with E-state index in [2.05, 4.69) is 22.1 Å². The van der Waals surface area contributed by atoms with Crippen LogP contribution in [-0.2, 0) is 0 Å². The number of hydrogen-bond donors (Lipinski definition) is 1. The lowest BCUT2D eigenvalue weighted by Crippen LogP contribution is -2.41. The highest BCUT2D eigenvalue weighted by Gasteiger charge is 2.22. The molecule has 0 radical (unpaired) electrons. The predicted molar refractivity (Wildman–Crippen MR) is 79.4 cm³/mol. The molecule has 1 aliphatic heterocycles. The number of anilines is 1. The maximum Gasteiger partial charge on any atom is 0.298 e. The van der Waals surface area contributed by atoms with Gasteiger partial charge >= 0.3 is 0 Å². The number of para-hydroxylation sites is 1. The molecule has 1 saturated heterocycles. The Hall–Kier alpha value is -2.15. The van der Waals surface area contributed by atoms with Crippen molar-refractivity contribution in [2.45, 2.75) is 25.8 Å². The molecule has 0 spiro atoms. The largest absolute Gasteiger partial charge is 0.423 e. The number of likely N-dealkylation sites (N-methyl/N-ethyl adjacent to an activating group) is 1. The molecular formula is C14H18N4O3. The van der Waals surface area contributed by atoms with E-state index in [1.54, 1.807) is 12.1 Å². The van der Waals surface area contributed by atoms with Crippen molar-refractivity contribution in [3.8, 4) is 0 Å². The van der Waals surface area contributed by atoms with Crippen LogP contribution in [0.15, 0.2) is 22.6 Å². The summed E-state index contributed by atoms with van der Waals surface area (Å²) in [4.78, 5) is 17.2. The zero-order valence-corrected chi connectivity index (χ0v) is 11.9. The van der Waals surface area contributed by atoms with Gasteiger partial charge in [0.15, 0.2) is 11.1 Å². The fraction of sp³-hybridized carbons (Fsp3) is 0.500. The highest BCUT2D eigenvalue weighted by atomic mass is 16.6. The summed E-state index contributed by atoms with van der Waals surface area (Å²) in [5.41, 5.74) is 0.714. The van der Waals surface area contributed by atoms with Crippen molar-refractivity contribution in [2.24, 2.45) is 0 Å². The molecule has 0 bridgehead atoms. The molecule has 1 aliphatic rings. The number of non-ortho nitro benzene ring substituents is 1. The maximum absolute atomic E-state index is 11.0. The molecule has 0 saturated carbocycles. The molecule has 0 amide bonds. The standard InChI is InChI=1S/C14H18N4O3/c1-2-17-8-4-5-10(9-17)15-14-16-13-11(18(19)20)6-3-7-12(13)21-14/h3,6-7,10H,2,4-5,8-9H2,1H3,(H,15,16). The van der Waals surface area contributed by atoms with E-state index in [4.69, 9.17) is 4.42 Å². The molecule has 21 heavy (non-hydrogen) atoms. The van der Waals surface area contributed by atoms with E-state index in [-0.39, 0.29) is 11.7 Å². The van der Waals surface area contributed by atoms with Gasteiger partial charge in [-0.05, 0) is 32.0 Å². The summed E-state index contributed by atoms with van der Waals surface area (Å²) in [6.45, 7) is 5.23. The van der Waals surface area contributed by atoms with Crippen molar-refractivity contribution in [1.82, 2.24) is 9.88 Å². The molecule has 1 fully saturated rings. The Morgan fingerprint density at radius 1 is 1.57 bits per heavy atom. The second kappa shape index (κ2) is 5.69. The number of fused-ring (bicyclic) bond motifs is 1. The summed E-state index contributed by atoms with van der Waals surface area (Å²) in [6.07, 6.45) is 2.18. The van der Waals surface area contributed by atoms with Gasteiger partial charge in [0.2, 0.25) is 0 Å². The summed E-state index contributed by atoms with van der Waals surface area (Å²) in [5, 5.41) is 14.3. The fourth-order valence-corrected chi connectivity index (χ4v) is 2.78. The van der Waals surface area contributed by atoms with E-state index >= 15 is 0 Å². The van der Waals surface area contributed by atoms with Gasteiger partial charge in [-0.3, -0.25) is 10.1 Å². The van der Waals surface area contributed by atoms with Crippen molar-refractivity contribution >= 4 is 22.8 Å². The average molecular weight is 290 g/mol. The Labute approximate surface area is 122 Å². The lowest BCUT2D eigenvalue weighted by atomic mass is 10.1. The second-order valence-electron chi connectivity index (χ2n) is 5.28. The van der Waals surface area contributed by atoms with Crippen molar-refractivity contribution in [3.63, 3.8) is 0 Å². The van der Waals surface area contributed by atoms with E-state index in [9.17, 15) is 10.1 Å². The summed E-state index contributed by atoms with van der Waals surface area (Å²) >= 11 is 0. The number of oxazole rings is 1. The van der Waals surface area contributed by atoms with Gasteiger partial charge in [0.1, 0.15) is 0 Å². The van der Waals surface area contributed by atoms with Crippen LogP contribution < -0.4 is 5.32 Å². The Balaban J connectivity index is 1.81. The average Bonchev–Trinajstić information content (AvgIpc) is 2.89. The number of piperidine rings is 1. The zero-order valence-electron chi connectivity index (χ0n) is 11.9. The fourth-order valence-electron chi connectivity index (χ4n) is 2.78. The summed E-state index contributed by atoms with van der Waals surface area (Å²) < 4.78 is 5.59. The lowest BCUT2D eigenvalue weighted by Gasteiger charge is -2.31. The molecule has 7 heteroatoms. The van der Waals surface area contributed by atoms with Gasteiger partial charge in [0.05, 0.1) is 4.92 Å². The molecule has 2 heterocycles. The summed E-state index contributed by atoms with van der Waals surface area (Å²) in [6, 6.07) is 5.37. The molecule has 7 nitrogen and oxygen atoms in total. The molecule has 1 atom stereocenters. The number of nitro benzene ring substituents is 1. The van der Waals surface area contributed by atoms with Crippen LogP contribution in [0.3, 0.4) is 0 Å². The number of nitro groups is 1. The topological polar surface area (TPSA) is 84.4 Å². The van der Waals surface area contributed by atoms with Crippen LogP contribution in [0.25, 0.3) is 11.1 Å². The van der Waals surface area contributed by atoms with E-state index in [1.165, 1.54) is 6.07 Å². The van der Waals surface area contributed by atoms with Crippen LogP contribution in [0.2, 0.25) is 0 Å². The molecule has 2 aromatic rings. The van der Waals surface area contributed by atoms with Crippen molar-refractivity contribution < 1.29 is 9.34 Å². The summed E-state index contributed by atoms with van der Waals surface area (Å²) in [5.74, 6) is 0. The molecule has 1 aromatic heterocycles. The van der Waals surface area contributed by atoms with Crippen LogP contribution in [0, 0.1) is 10.1 Å². The van der Waals surface area contributed by atoms with Gasteiger partial charge < -0.3 is 14.6 Å². The second-order valence-corrected chi connectivity index (χ2v) is 5.28. The Morgan fingerprint density at radius 3 is 3.19 bits per heavy atom. The van der Waals surface area contributed by atoms with Crippen LogP contribution in [0.4, 0.5) is 11.7 Å². The Bertz CT molecular complexity index is 655. The molecule has 1 N–H and O–H groups in total. The third kappa shape index (κ3) is 2.82. The molecule has 1 unspecified atom stereocenters. The minimum Gasteiger partial charge on any atom is -0.423 e. The molecule has 0 aliphatic carbocycles. The van der Waals surface area contributed by atoms with E-state index in [1.807, 2.05) is 0 Å². The van der Waals surface area contributed by atoms with Crippen molar-refractivity contribution in [3.05, 3.63) is 28.3 Å². The lowest BCUT2D eigenvalue weighted by molar-refractivity contribution is -0.383. The number of nitrogens with zero attached hydrogens (tertiary/aromatic N) is 3. The molecular weight excluding hydrogens is 272 g/mol. The normalized spacial score (nSPS) is 19.8. The first kappa shape index (κ1) is 13.8. The first-order chi connectivity index (χ1) is 10.2. The van der Waals surface area contributed by atoms with Gasteiger partial charge in [-0.25, -0.2) is 0 Å². The van der Waals surface area contributed by atoms with Gasteiger partial charge in [-0.15, -0.1) is 0 Å². The minimum atomic E-state index is -0.436. The van der Waals surface area contributed by atoms with Gasteiger partial charge in [-0.1, -0.05) is 13.0 Å². The number of rotatable bonds is 4. The molecule has 3 rings (SSSR count). The maximum atomic E-state index is 11.0. The van der Waals surface area contributed by atoms with Crippen molar-refractivity contribution in [2.75, 3.05) is 25.0 Å². The van der Waals surface area contributed by atoms with Crippen LogP contribution >= 0.6 is 0 Å². The van der Waals surface area contributed by atoms with E-state index in [0.717, 1.165) is 32.5 Å². The Kier molecular flexibility index (Phi) is 3.74. The third-order valence-corrected chi connectivity index (χ3v) is 3.87. The number of benzene rings is 1. The van der Waals surface area contributed by atoms with E-state index in [0.29, 0.717) is 17.1 Å². The van der Waals surface area contributed by atoms with Crippen LogP contribution in [-0.4, -0.2) is 40.5 Å². The molecule has 112 valence electrons. The number of nitrogens with one attached hydrogen (secondary N) is 1. The predicted octanol–water partition coefficient (Wildman–Crippen LogP) is 2.63. The number of likely N-dealkylation sites (tertiary alicyclic amines) is 1. The highest BCUT2D eigenvalue weighted by molar-refractivity contribution is 5.84. The van der Waals surface area contributed by atoms with Crippen molar-refractivity contribution in [1.29, 1.82) is 0 Å². The highest BCUT2D eigenvalue weighted by Crippen LogP contribution is 2.28. The van der Waals surface area contributed by atoms with E-state index < -0.39 is 4.92 Å². The number of hydrogen-bond acceptors (Lipinski definition) is 6. The smallest absolute Gasteiger partial charge is 0.298 e. The van der Waals surface area contributed by atoms with Crippen LogP contribution in [0.1, 0.15) is 19.8 Å². The zero-order chi connectivity index (χ0) is 14.8. The first-order valence-corrected chi connectivity index (χ1v) is 7.20. The van der Waals surface area contributed by atoms with Gasteiger partial charge in [0, 0.05) is 18.7 Å². The first-order valence-electron chi connectivity index (χ1n) is 7.20. The van der Waals surface area contributed by atoms with Gasteiger partial charge in [0.25, 0.3) is 11.7 Å². The molecule has 1 aromatic carbocycles. The minimum absolute atomic E-state index is 0.0249. The summed E-state index contributed by atoms with van der Waals surface area (Å²) in [7, 11) is 0. The van der Waals surface area contributed by atoms with Crippen LogP contribution in [0.5, 0.6) is 0 Å².